The van der Waals surface area contributed by atoms with Crippen LogP contribution in [-0.4, -0.2) is 0 Å². The highest BCUT2D eigenvalue weighted by molar-refractivity contribution is 4.87. The van der Waals surface area contributed by atoms with Gasteiger partial charge in [0, 0.05) is 0 Å². The van der Waals surface area contributed by atoms with Gasteiger partial charge in [-0.1, -0.05) is 76.4 Å². The largest absolute Gasteiger partial charge is 0.0883 e. The summed E-state index contributed by atoms with van der Waals surface area (Å²) >= 11 is 0. The van der Waals surface area contributed by atoms with Gasteiger partial charge < -0.3 is 0 Å². The maximum absolute atomic E-state index is 2.49. The van der Waals surface area contributed by atoms with Crippen molar-refractivity contribution in [3.8, 4) is 0 Å². The van der Waals surface area contributed by atoms with Crippen molar-refractivity contribution in [1.82, 2.24) is 0 Å². The first-order chi connectivity index (χ1) is 7.95. The van der Waals surface area contributed by atoms with Crippen molar-refractivity contribution in [2.45, 2.75) is 77.0 Å². The highest BCUT2D eigenvalue weighted by Gasteiger charge is 2.12. The smallest absolute Gasteiger partial charge is 0.0322 e. The van der Waals surface area contributed by atoms with E-state index < -0.39 is 0 Å². The van der Waals surface area contributed by atoms with Crippen LogP contribution < -0.4 is 0 Å². The Morgan fingerprint density at radius 3 is 1.31 bits per heavy atom. The Hall–Kier alpha value is -0.260. The zero-order valence-electron chi connectivity index (χ0n) is 10.8. The van der Waals surface area contributed by atoms with Crippen LogP contribution in [0.25, 0.3) is 0 Å². The molecule has 0 bridgehead atoms. The third kappa shape index (κ3) is 4.31. The van der Waals surface area contributed by atoms with Gasteiger partial charge in [-0.25, -0.2) is 0 Å². The number of rotatable bonds is 4. The van der Waals surface area contributed by atoms with Crippen molar-refractivity contribution < 1.29 is 0 Å². The van der Waals surface area contributed by atoms with Gasteiger partial charge in [0.15, 0.2) is 0 Å². The summed E-state index contributed by atoms with van der Waals surface area (Å²) in [6.07, 6.45) is 22.6. The van der Waals surface area contributed by atoms with E-state index in [9.17, 15) is 0 Å². The summed E-state index contributed by atoms with van der Waals surface area (Å²) in [5.74, 6) is 2.05. The first-order valence-electron chi connectivity index (χ1n) is 7.60. The predicted octanol–water partition coefficient (Wildman–Crippen LogP) is 5.48. The summed E-state index contributed by atoms with van der Waals surface area (Å²) in [7, 11) is 0. The van der Waals surface area contributed by atoms with Gasteiger partial charge in [0.2, 0.25) is 0 Å². The quantitative estimate of drug-likeness (QED) is 0.550. The minimum atomic E-state index is 1.02. The highest BCUT2D eigenvalue weighted by Crippen LogP contribution is 2.28. The van der Waals surface area contributed by atoms with E-state index in [2.05, 4.69) is 12.2 Å². The second-order valence-electron chi connectivity index (χ2n) is 5.95. The summed E-state index contributed by atoms with van der Waals surface area (Å²) < 4.78 is 0. The van der Waals surface area contributed by atoms with Crippen molar-refractivity contribution in [1.29, 1.82) is 0 Å². The number of hydrogen-bond donors (Lipinski definition) is 0. The summed E-state index contributed by atoms with van der Waals surface area (Å²) in [5.41, 5.74) is 0. The average Bonchev–Trinajstić information content (AvgIpc) is 2.37. The molecule has 2 saturated carbocycles. The molecular formula is C16H28. The van der Waals surface area contributed by atoms with Crippen LogP contribution >= 0.6 is 0 Å². The van der Waals surface area contributed by atoms with E-state index in [1.165, 1.54) is 77.0 Å². The van der Waals surface area contributed by atoms with Crippen molar-refractivity contribution in [3.05, 3.63) is 12.2 Å². The van der Waals surface area contributed by atoms with Crippen LogP contribution in [0.2, 0.25) is 0 Å². The Morgan fingerprint density at radius 2 is 0.938 bits per heavy atom. The van der Waals surface area contributed by atoms with E-state index in [-0.39, 0.29) is 0 Å². The Morgan fingerprint density at radius 1 is 0.562 bits per heavy atom. The molecule has 0 amide bonds. The van der Waals surface area contributed by atoms with Crippen molar-refractivity contribution in [3.63, 3.8) is 0 Å². The van der Waals surface area contributed by atoms with Gasteiger partial charge >= 0.3 is 0 Å². The third-order valence-electron chi connectivity index (χ3n) is 4.55. The molecule has 0 spiro atoms. The lowest BCUT2D eigenvalue weighted by Gasteiger charge is -2.21. The Bertz CT molecular complexity index is 170. The molecule has 0 heterocycles. The van der Waals surface area contributed by atoms with E-state index in [1.54, 1.807) is 0 Å². The second-order valence-corrected chi connectivity index (χ2v) is 5.95. The zero-order valence-corrected chi connectivity index (χ0v) is 10.8. The van der Waals surface area contributed by atoms with Crippen LogP contribution in [0.1, 0.15) is 77.0 Å². The molecule has 0 nitrogen and oxygen atoms in total. The maximum Gasteiger partial charge on any atom is -0.0322 e. The molecule has 0 unspecified atom stereocenters. The fourth-order valence-corrected chi connectivity index (χ4v) is 3.42. The molecule has 2 aliphatic rings. The van der Waals surface area contributed by atoms with E-state index >= 15 is 0 Å². The molecule has 0 aromatic carbocycles. The molecule has 2 rings (SSSR count). The fraction of sp³-hybridized carbons (Fsp3) is 0.875. The normalized spacial score (nSPS) is 25.2. The van der Waals surface area contributed by atoms with Crippen LogP contribution in [0.3, 0.4) is 0 Å². The number of allylic oxidation sites excluding steroid dienone is 2. The first-order valence-corrected chi connectivity index (χ1v) is 7.60. The molecular weight excluding hydrogens is 192 g/mol. The van der Waals surface area contributed by atoms with E-state index in [0.29, 0.717) is 0 Å². The molecule has 0 N–H and O–H groups in total. The van der Waals surface area contributed by atoms with Crippen LogP contribution in [0.5, 0.6) is 0 Å². The molecule has 0 atom stereocenters. The summed E-state index contributed by atoms with van der Waals surface area (Å²) in [6, 6.07) is 0. The molecule has 0 aromatic rings. The number of hydrogen-bond acceptors (Lipinski definition) is 0. The standard InChI is InChI=1S/C16H28/c1-3-9-15(10-4-1)13-7-8-14-16-11-5-2-6-12-16/h7-8,15-16H,1-6,9-14H2. The Labute approximate surface area is 102 Å². The minimum absolute atomic E-state index is 1.02. The van der Waals surface area contributed by atoms with Crippen LogP contribution in [0, 0.1) is 11.8 Å². The van der Waals surface area contributed by atoms with Crippen molar-refractivity contribution in [2.24, 2.45) is 11.8 Å². The molecule has 0 aromatic heterocycles. The maximum atomic E-state index is 2.49. The molecule has 0 heteroatoms. The highest BCUT2D eigenvalue weighted by atomic mass is 14.2. The molecule has 2 fully saturated rings. The van der Waals surface area contributed by atoms with Gasteiger partial charge in [0.1, 0.15) is 0 Å². The summed E-state index contributed by atoms with van der Waals surface area (Å²) in [6.45, 7) is 0. The van der Waals surface area contributed by atoms with Crippen LogP contribution in [-0.2, 0) is 0 Å². The topological polar surface area (TPSA) is 0 Å². The minimum Gasteiger partial charge on any atom is -0.0883 e. The Kier molecular flexibility index (Phi) is 5.45. The first kappa shape index (κ1) is 12.2. The van der Waals surface area contributed by atoms with Gasteiger partial charge in [0.05, 0.1) is 0 Å². The monoisotopic (exact) mass is 220 g/mol. The molecule has 2 aliphatic carbocycles. The Balaban J connectivity index is 1.57. The predicted molar refractivity (Wildman–Crippen MR) is 71.5 cm³/mol. The molecule has 0 radical (unpaired) electrons. The third-order valence-corrected chi connectivity index (χ3v) is 4.55. The zero-order chi connectivity index (χ0) is 11.1. The summed E-state index contributed by atoms with van der Waals surface area (Å²) in [5, 5.41) is 0. The average molecular weight is 220 g/mol. The van der Waals surface area contributed by atoms with E-state index in [1.807, 2.05) is 0 Å². The van der Waals surface area contributed by atoms with Crippen LogP contribution in [0.15, 0.2) is 12.2 Å². The molecule has 16 heavy (non-hydrogen) atoms. The second kappa shape index (κ2) is 7.14. The lowest BCUT2D eigenvalue weighted by atomic mass is 9.85. The lowest BCUT2D eigenvalue weighted by molar-refractivity contribution is 0.355. The van der Waals surface area contributed by atoms with Crippen molar-refractivity contribution in [2.75, 3.05) is 0 Å². The molecule has 0 saturated heterocycles. The molecule has 92 valence electrons. The SMILES string of the molecule is C(=CCC1CCCCC1)CC1CCCCC1. The fourth-order valence-electron chi connectivity index (χ4n) is 3.42. The van der Waals surface area contributed by atoms with Gasteiger partial charge in [-0.15, -0.1) is 0 Å². The van der Waals surface area contributed by atoms with Crippen molar-refractivity contribution >= 4 is 0 Å². The van der Waals surface area contributed by atoms with E-state index in [4.69, 9.17) is 0 Å². The van der Waals surface area contributed by atoms with Crippen LogP contribution in [0.4, 0.5) is 0 Å². The lowest BCUT2D eigenvalue weighted by Crippen LogP contribution is -2.05. The molecule has 0 aliphatic heterocycles. The summed E-state index contributed by atoms with van der Waals surface area (Å²) in [4.78, 5) is 0. The van der Waals surface area contributed by atoms with Gasteiger partial charge in [-0.2, -0.15) is 0 Å². The van der Waals surface area contributed by atoms with Gasteiger partial charge in [-0.3, -0.25) is 0 Å². The van der Waals surface area contributed by atoms with E-state index in [0.717, 1.165) is 11.8 Å². The van der Waals surface area contributed by atoms with Gasteiger partial charge in [-0.05, 0) is 24.7 Å². The van der Waals surface area contributed by atoms with Gasteiger partial charge in [0.25, 0.3) is 0 Å².